The predicted molar refractivity (Wildman–Crippen MR) is 309 cm³/mol. The van der Waals surface area contributed by atoms with Crippen molar-refractivity contribution in [2.75, 3.05) is 40.9 Å². The maximum absolute atomic E-state index is 13.5. The van der Waals surface area contributed by atoms with Crippen molar-refractivity contribution in [3.8, 4) is 0 Å². The van der Waals surface area contributed by atoms with Crippen molar-refractivity contribution in [1.82, 2.24) is 5.32 Å². The van der Waals surface area contributed by atoms with E-state index in [-0.39, 0.29) is 31.5 Å². The molecule has 0 aliphatic carbocycles. The topological polar surface area (TPSA) is 111 Å². The third-order valence-corrected chi connectivity index (χ3v) is 13.9. The second kappa shape index (κ2) is 51.9. The number of phosphoric ester groups is 1. The monoisotopic (exact) mass is 1030 g/mol. The molecular formula is C62H114N2O7P+. The molecule has 0 heterocycles. The number of hydrogen-bond acceptors (Lipinski definition) is 6. The molecule has 0 aromatic rings. The maximum Gasteiger partial charge on any atom is 0.472 e. The Labute approximate surface area is 444 Å². The van der Waals surface area contributed by atoms with Crippen molar-refractivity contribution in [1.29, 1.82) is 0 Å². The molecule has 0 aromatic carbocycles. The van der Waals surface area contributed by atoms with E-state index in [9.17, 15) is 19.0 Å². The lowest BCUT2D eigenvalue weighted by Crippen LogP contribution is -2.47. The smallest absolute Gasteiger partial charge is 0.456 e. The molecule has 72 heavy (non-hydrogen) atoms. The first-order valence-corrected chi connectivity index (χ1v) is 31.3. The van der Waals surface area contributed by atoms with Gasteiger partial charge >= 0.3 is 13.8 Å². The van der Waals surface area contributed by atoms with Gasteiger partial charge < -0.3 is 19.4 Å². The zero-order chi connectivity index (χ0) is 52.9. The molecule has 0 aliphatic heterocycles. The third kappa shape index (κ3) is 52.3. The molecule has 2 N–H and O–H groups in total. The average Bonchev–Trinajstić information content (AvgIpc) is 3.34. The summed E-state index contributed by atoms with van der Waals surface area (Å²) in [5.41, 5.74) is 0. The molecule has 3 atom stereocenters. The van der Waals surface area contributed by atoms with Gasteiger partial charge in [-0.15, -0.1) is 0 Å². The van der Waals surface area contributed by atoms with E-state index in [2.05, 4.69) is 86.8 Å². The molecule has 10 heteroatoms. The summed E-state index contributed by atoms with van der Waals surface area (Å²) >= 11 is 0. The second-order valence-electron chi connectivity index (χ2n) is 21.1. The number of carbonyl (C=O) groups is 2. The quantitative estimate of drug-likeness (QED) is 0.0205. The van der Waals surface area contributed by atoms with Crippen LogP contribution < -0.4 is 5.32 Å². The first kappa shape index (κ1) is 69.5. The number of nitrogens with one attached hydrogen (secondary N) is 1. The van der Waals surface area contributed by atoms with Crippen LogP contribution in [0.2, 0.25) is 0 Å². The number of quaternary nitrogens is 1. The lowest BCUT2D eigenvalue weighted by molar-refractivity contribution is -0.870. The Bertz CT molecular complexity index is 1460. The van der Waals surface area contributed by atoms with Crippen LogP contribution in [0, 0.1) is 0 Å². The largest absolute Gasteiger partial charge is 0.472 e. The van der Waals surface area contributed by atoms with Gasteiger partial charge in [0, 0.05) is 12.8 Å². The van der Waals surface area contributed by atoms with Crippen molar-refractivity contribution >= 4 is 19.7 Å². The molecule has 9 nitrogen and oxygen atoms in total. The summed E-state index contributed by atoms with van der Waals surface area (Å²) in [6.45, 7) is 6.86. The minimum atomic E-state index is -4.45. The van der Waals surface area contributed by atoms with Gasteiger partial charge in [0.05, 0.1) is 33.8 Å². The third-order valence-electron chi connectivity index (χ3n) is 12.9. The van der Waals surface area contributed by atoms with Gasteiger partial charge in [-0.2, -0.15) is 0 Å². The number of carbonyl (C=O) groups excluding carboxylic acids is 2. The zero-order valence-electron chi connectivity index (χ0n) is 47.7. The van der Waals surface area contributed by atoms with Crippen molar-refractivity contribution in [2.24, 2.45) is 0 Å². The first-order valence-electron chi connectivity index (χ1n) is 29.8. The fourth-order valence-corrected chi connectivity index (χ4v) is 9.01. The number of likely N-dealkylation sites (N-methyl/N-ethyl adjacent to an activating group) is 1. The summed E-state index contributed by atoms with van der Waals surface area (Å²) < 4.78 is 30.6. The number of allylic oxidation sites excluding steroid dienone is 11. The minimum Gasteiger partial charge on any atom is -0.456 e. The summed E-state index contributed by atoms with van der Waals surface area (Å²) in [4.78, 5) is 37.6. The Kier molecular flexibility index (Phi) is 50.1. The van der Waals surface area contributed by atoms with Crippen LogP contribution in [0.3, 0.4) is 0 Å². The zero-order valence-corrected chi connectivity index (χ0v) is 48.6. The van der Waals surface area contributed by atoms with Gasteiger partial charge in [-0.1, -0.05) is 222 Å². The Morgan fingerprint density at radius 3 is 1.36 bits per heavy atom. The fourth-order valence-electron chi connectivity index (χ4n) is 8.28. The summed E-state index contributed by atoms with van der Waals surface area (Å²) in [5, 5.41) is 3.04. The van der Waals surface area contributed by atoms with Gasteiger partial charge in [-0.05, 0) is 96.0 Å². The molecule has 0 saturated heterocycles. The number of rotatable bonds is 53. The SMILES string of the molecule is CC/C=C/C/C=C/CCCCCCCCCC(=O)NC(COP(=O)(O)OCC[N+](C)(C)C)C(/C=C\CCCCCCCCCCC)OC(=O)CCCCCCCCCC/C=C\C/C=C\C/C=C\CCCCC. The highest BCUT2D eigenvalue weighted by Crippen LogP contribution is 2.43. The number of esters is 1. The van der Waals surface area contributed by atoms with Crippen molar-refractivity contribution in [3.63, 3.8) is 0 Å². The molecule has 0 aliphatic rings. The molecule has 0 fully saturated rings. The van der Waals surface area contributed by atoms with Gasteiger partial charge in [0.25, 0.3) is 0 Å². The molecule has 0 radical (unpaired) electrons. The van der Waals surface area contributed by atoms with Crippen molar-refractivity contribution in [3.05, 3.63) is 72.9 Å². The molecular weight excluding hydrogens is 916 g/mol. The Morgan fingerprint density at radius 2 is 0.889 bits per heavy atom. The number of hydrogen-bond donors (Lipinski definition) is 2. The molecule has 1 amide bonds. The number of unbranched alkanes of at least 4 members (excludes halogenated alkanes) is 27. The highest BCUT2D eigenvalue weighted by Gasteiger charge is 2.30. The number of nitrogens with zero attached hydrogens (tertiary/aromatic N) is 1. The summed E-state index contributed by atoms with van der Waals surface area (Å²) in [5.74, 6) is -0.524. The fraction of sp³-hybridized carbons (Fsp3) is 0.774. The number of phosphoric acid groups is 1. The van der Waals surface area contributed by atoms with E-state index < -0.39 is 20.0 Å². The van der Waals surface area contributed by atoms with Crippen LogP contribution in [0.25, 0.3) is 0 Å². The van der Waals surface area contributed by atoms with Gasteiger partial charge in [-0.3, -0.25) is 18.6 Å². The average molecular weight is 1030 g/mol. The van der Waals surface area contributed by atoms with E-state index in [1.807, 2.05) is 33.3 Å². The Morgan fingerprint density at radius 1 is 0.500 bits per heavy atom. The summed E-state index contributed by atoms with van der Waals surface area (Å²) in [7, 11) is 1.48. The first-order chi connectivity index (χ1) is 34.9. The molecule has 0 spiro atoms. The van der Waals surface area contributed by atoms with Crippen LogP contribution in [0.4, 0.5) is 0 Å². The van der Waals surface area contributed by atoms with Crippen LogP contribution >= 0.6 is 7.82 Å². The standard InChI is InChI=1S/C62H113N2O7P/c1-7-10-13-16-19-22-25-27-29-30-31-32-33-34-35-37-40-43-46-49-52-55-62(66)71-60(53-50-47-44-41-38-24-21-18-15-12-9-3)59(58-70-72(67,68)69-57-56-64(4,5)6)63-61(65)54-51-48-45-42-39-36-28-26-23-20-17-14-11-8-2/h11,14,19-20,22-23,27,29,31-32,50,53,59-60H,7-10,12-13,15-18,21,24-26,28,30,33-49,51-52,54-58H2,1-6H3,(H-,63,65,67,68)/p+1/b14-11+,22-19-,23-20+,29-27-,32-31-,53-50-. The number of ether oxygens (including phenoxy) is 1. The lowest BCUT2D eigenvalue weighted by atomic mass is 10.1. The molecule has 0 rings (SSSR count). The van der Waals surface area contributed by atoms with Crippen LogP contribution in [-0.2, 0) is 27.9 Å². The van der Waals surface area contributed by atoms with E-state index >= 15 is 0 Å². The maximum atomic E-state index is 13.5. The van der Waals surface area contributed by atoms with E-state index in [0.717, 1.165) is 109 Å². The van der Waals surface area contributed by atoms with Gasteiger partial charge in [-0.25, -0.2) is 4.57 Å². The van der Waals surface area contributed by atoms with Crippen molar-refractivity contribution < 1.29 is 37.3 Å². The molecule has 3 unspecified atom stereocenters. The molecule has 0 bridgehead atoms. The van der Waals surface area contributed by atoms with E-state index in [4.69, 9.17) is 13.8 Å². The van der Waals surface area contributed by atoms with Crippen LogP contribution in [0.5, 0.6) is 0 Å². The Balaban J connectivity index is 5.25. The van der Waals surface area contributed by atoms with E-state index in [0.29, 0.717) is 17.4 Å². The van der Waals surface area contributed by atoms with Gasteiger partial charge in [0.1, 0.15) is 19.3 Å². The van der Waals surface area contributed by atoms with Crippen molar-refractivity contribution in [2.45, 2.75) is 270 Å². The molecule has 418 valence electrons. The Hall–Kier alpha value is -2.55. The summed E-state index contributed by atoms with van der Waals surface area (Å²) in [6, 6.07) is -0.857. The highest BCUT2D eigenvalue weighted by atomic mass is 31.2. The van der Waals surface area contributed by atoms with Gasteiger partial charge in [0.2, 0.25) is 5.91 Å². The molecule has 0 aromatic heterocycles. The van der Waals surface area contributed by atoms with Crippen LogP contribution in [0.1, 0.15) is 258 Å². The second-order valence-corrected chi connectivity index (χ2v) is 22.6. The van der Waals surface area contributed by atoms with E-state index in [1.54, 1.807) is 0 Å². The normalized spacial score (nSPS) is 14.3. The summed E-state index contributed by atoms with van der Waals surface area (Å²) in [6.07, 6.45) is 66.1. The predicted octanol–water partition coefficient (Wildman–Crippen LogP) is 18.1. The molecule has 0 saturated carbocycles. The van der Waals surface area contributed by atoms with Crippen LogP contribution in [0.15, 0.2) is 72.9 Å². The highest BCUT2D eigenvalue weighted by molar-refractivity contribution is 7.47. The van der Waals surface area contributed by atoms with E-state index in [1.165, 1.54) is 116 Å². The van der Waals surface area contributed by atoms with Gasteiger partial charge in [0.15, 0.2) is 0 Å². The number of amides is 1. The minimum absolute atomic E-state index is 0.0349. The lowest BCUT2D eigenvalue weighted by Gasteiger charge is -2.27. The van der Waals surface area contributed by atoms with Crippen LogP contribution in [-0.4, -0.2) is 74.3 Å².